The van der Waals surface area contributed by atoms with Crippen LogP contribution in [0.3, 0.4) is 0 Å². The number of benzene rings is 1. The minimum atomic E-state index is -3.90. The molecule has 1 amide bonds. The summed E-state index contributed by atoms with van der Waals surface area (Å²) in [5, 5.41) is 0. The number of ether oxygens (including phenoxy) is 2. The number of amides is 1. The van der Waals surface area contributed by atoms with Crippen LogP contribution in [-0.2, 0) is 39.6 Å². The molecule has 31 heavy (non-hydrogen) atoms. The zero-order valence-electron chi connectivity index (χ0n) is 18.4. The molecule has 10 heteroatoms. The van der Waals surface area contributed by atoms with E-state index in [-0.39, 0.29) is 32.0 Å². The normalized spacial score (nSPS) is 18.0. The van der Waals surface area contributed by atoms with E-state index in [9.17, 15) is 22.8 Å². The number of sulfonamides is 1. The van der Waals surface area contributed by atoms with Crippen LogP contribution >= 0.6 is 0 Å². The van der Waals surface area contributed by atoms with Crippen molar-refractivity contribution >= 4 is 27.9 Å². The van der Waals surface area contributed by atoms with Crippen molar-refractivity contribution < 1.29 is 32.3 Å². The van der Waals surface area contributed by atoms with Crippen molar-refractivity contribution in [1.82, 2.24) is 9.21 Å². The van der Waals surface area contributed by atoms with Crippen LogP contribution in [0.25, 0.3) is 0 Å². The molecule has 1 aliphatic heterocycles. The maximum absolute atomic E-state index is 13.1. The Bertz CT molecular complexity index is 894. The third-order valence-electron chi connectivity index (χ3n) is 4.49. The molecule has 2 rings (SSSR count). The van der Waals surface area contributed by atoms with Crippen LogP contribution in [-0.4, -0.2) is 73.4 Å². The molecule has 1 atom stereocenters. The third-order valence-corrected chi connectivity index (χ3v) is 6.34. The number of carbonyl (C=O) groups excluding carboxylic acids is 3. The number of hydrogen-bond donors (Lipinski definition) is 0. The van der Waals surface area contributed by atoms with E-state index in [1.807, 2.05) is 0 Å². The largest absolute Gasteiger partial charge is 0.466 e. The molecule has 1 aromatic rings. The van der Waals surface area contributed by atoms with Crippen molar-refractivity contribution in [3.8, 4) is 0 Å². The van der Waals surface area contributed by atoms with Crippen molar-refractivity contribution in [3.63, 3.8) is 0 Å². The Morgan fingerprint density at radius 1 is 1.10 bits per heavy atom. The van der Waals surface area contributed by atoms with Gasteiger partial charge in [0.15, 0.2) is 0 Å². The van der Waals surface area contributed by atoms with Gasteiger partial charge in [0.25, 0.3) is 0 Å². The Kier molecular flexibility index (Phi) is 8.19. The molecule has 0 N–H and O–H groups in total. The lowest BCUT2D eigenvalue weighted by Crippen LogP contribution is -2.60. The van der Waals surface area contributed by atoms with Gasteiger partial charge in [-0.05, 0) is 33.3 Å². The van der Waals surface area contributed by atoms with Crippen LogP contribution in [0.2, 0.25) is 0 Å². The Balaban J connectivity index is 2.23. The summed E-state index contributed by atoms with van der Waals surface area (Å²) in [6.45, 7) is 6.54. The highest BCUT2D eigenvalue weighted by molar-refractivity contribution is 7.88. The van der Waals surface area contributed by atoms with E-state index < -0.39 is 45.9 Å². The Labute approximate surface area is 183 Å². The number of hydrogen-bond acceptors (Lipinski definition) is 7. The van der Waals surface area contributed by atoms with Crippen molar-refractivity contribution in [3.05, 3.63) is 35.9 Å². The smallest absolute Gasteiger partial charge is 0.326 e. The molecule has 1 fully saturated rings. The summed E-state index contributed by atoms with van der Waals surface area (Å²) in [6, 6.07) is 7.31. The molecule has 0 bridgehead atoms. The second-order valence-electron chi connectivity index (χ2n) is 8.22. The van der Waals surface area contributed by atoms with Crippen LogP contribution in [0.1, 0.15) is 39.7 Å². The fourth-order valence-electron chi connectivity index (χ4n) is 3.27. The minimum absolute atomic E-state index is 0.0193. The fourth-order valence-corrected chi connectivity index (χ4v) is 4.97. The first-order valence-corrected chi connectivity index (χ1v) is 11.7. The van der Waals surface area contributed by atoms with Gasteiger partial charge in [-0.15, -0.1) is 0 Å². The van der Waals surface area contributed by atoms with E-state index in [0.29, 0.717) is 5.56 Å². The van der Waals surface area contributed by atoms with E-state index >= 15 is 0 Å². The molecule has 0 saturated carbocycles. The zero-order chi connectivity index (χ0) is 23.2. The molecule has 0 aromatic heterocycles. The third kappa shape index (κ3) is 7.32. The highest BCUT2D eigenvalue weighted by atomic mass is 32.2. The van der Waals surface area contributed by atoms with Crippen LogP contribution in [0.15, 0.2) is 30.3 Å². The van der Waals surface area contributed by atoms with Gasteiger partial charge < -0.3 is 14.4 Å². The van der Waals surface area contributed by atoms with Crippen LogP contribution in [0.5, 0.6) is 0 Å². The highest BCUT2D eigenvalue weighted by Crippen LogP contribution is 2.22. The number of nitrogens with zero attached hydrogens (tertiary/aromatic N) is 2. The maximum Gasteiger partial charge on any atom is 0.326 e. The Morgan fingerprint density at radius 3 is 2.32 bits per heavy atom. The van der Waals surface area contributed by atoms with Gasteiger partial charge in [-0.2, -0.15) is 4.31 Å². The lowest BCUT2D eigenvalue weighted by Gasteiger charge is -2.39. The maximum atomic E-state index is 13.1. The van der Waals surface area contributed by atoms with Gasteiger partial charge >= 0.3 is 11.9 Å². The molecule has 1 saturated heterocycles. The SMILES string of the molecule is CCOC(=O)CC1C(=O)N(CC(=O)OC(C)(C)C)CCN1S(=O)(=O)Cc1ccccc1. The summed E-state index contributed by atoms with van der Waals surface area (Å²) < 4.78 is 37.4. The highest BCUT2D eigenvalue weighted by Gasteiger charge is 2.43. The van der Waals surface area contributed by atoms with Gasteiger partial charge in [-0.1, -0.05) is 30.3 Å². The molecule has 1 unspecified atom stereocenters. The van der Waals surface area contributed by atoms with Gasteiger partial charge in [0.1, 0.15) is 18.2 Å². The van der Waals surface area contributed by atoms with Gasteiger partial charge in [0, 0.05) is 13.1 Å². The lowest BCUT2D eigenvalue weighted by molar-refractivity contribution is -0.161. The average Bonchev–Trinajstić information content (AvgIpc) is 2.64. The molecule has 0 radical (unpaired) electrons. The fraction of sp³-hybridized carbons (Fsp3) is 0.571. The van der Waals surface area contributed by atoms with Crippen LogP contribution < -0.4 is 0 Å². The number of esters is 2. The number of rotatable bonds is 8. The molecule has 1 heterocycles. The monoisotopic (exact) mass is 454 g/mol. The summed E-state index contributed by atoms with van der Waals surface area (Å²) in [7, 11) is -3.90. The van der Waals surface area contributed by atoms with E-state index in [1.54, 1.807) is 58.0 Å². The number of carbonyl (C=O) groups is 3. The van der Waals surface area contributed by atoms with E-state index in [4.69, 9.17) is 9.47 Å². The first-order valence-electron chi connectivity index (χ1n) is 10.1. The molecule has 0 aliphatic carbocycles. The summed E-state index contributed by atoms with van der Waals surface area (Å²) in [5.74, 6) is -2.20. The molecule has 172 valence electrons. The standard InChI is InChI=1S/C21H30N2O7S/c1-5-29-18(24)13-17-20(26)22(14-19(25)30-21(2,3)4)11-12-23(17)31(27,28)15-16-9-7-6-8-10-16/h6-10,17H,5,11-15H2,1-4H3. The lowest BCUT2D eigenvalue weighted by atomic mass is 10.1. The quantitative estimate of drug-likeness (QED) is 0.545. The van der Waals surface area contributed by atoms with Crippen LogP contribution in [0, 0.1) is 0 Å². The first-order chi connectivity index (χ1) is 14.4. The van der Waals surface area contributed by atoms with Gasteiger partial charge in [0.2, 0.25) is 15.9 Å². The molecule has 9 nitrogen and oxygen atoms in total. The van der Waals surface area contributed by atoms with E-state index in [0.717, 1.165) is 4.31 Å². The zero-order valence-corrected chi connectivity index (χ0v) is 19.2. The summed E-state index contributed by atoms with van der Waals surface area (Å²) in [5.41, 5.74) is -0.147. The Morgan fingerprint density at radius 2 is 1.74 bits per heavy atom. The summed E-state index contributed by atoms with van der Waals surface area (Å²) in [6.07, 6.45) is -0.425. The summed E-state index contributed by atoms with van der Waals surface area (Å²) in [4.78, 5) is 38.6. The molecular weight excluding hydrogens is 424 g/mol. The molecule has 0 spiro atoms. The predicted molar refractivity (Wildman–Crippen MR) is 113 cm³/mol. The first kappa shape index (κ1) is 24.8. The second-order valence-corrected chi connectivity index (χ2v) is 10.1. The van der Waals surface area contributed by atoms with Crippen molar-refractivity contribution in [2.45, 2.75) is 51.5 Å². The van der Waals surface area contributed by atoms with Crippen LogP contribution in [0.4, 0.5) is 0 Å². The summed E-state index contributed by atoms with van der Waals surface area (Å²) >= 11 is 0. The topological polar surface area (TPSA) is 110 Å². The van der Waals surface area contributed by atoms with Gasteiger partial charge in [-0.25, -0.2) is 8.42 Å². The van der Waals surface area contributed by atoms with Crippen molar-refractivity contribution in [2.75, 3.05) is 26.2 Å². The number of piperazine rings is 1. The van der Waals surface area contributed by atoms with Gasteiger partial charge in [-0.3, -0.25) is 14.4 Å². The average molecular weight is 455 g/mol. The molecule has 1 aromatic carbocycles. The van der Waals surface area contributed by atoms with Crippen molar-refractivity contribution in [1.29, 1.82) is 0 Å². The van der Waals surface area contributed by atoms with E-state index in [1.165, 1.54) is 4.90 Å². The predicted octanol–water partition coefficient (Wildman–Crippen LogP) is 1.32. The van der Waals surface area contributed by atoms with Crippen molar-refractivity contribution in [2.24, 2.45) is 0 Å². The second kappa shape index (κ2) is 10.2. The van der Waals surface area contributed by atoms with Gasteiger partial charge in [0.05, 0.1) is 18.8 Å². The molecular formula is C21H30N2O7S. The Hall–Kier alpha value is -2.46. The minimum Gasteiger partial charge on any atom is -0.466 e. The van der Waals surface area contributed by atoms with E-state index in [2.05, 4.69) is 0 Å². The molecule has 1 aliphatic rings.